The fraction of sp³-hybridized carbons (Fsp3) is 0.765. The smallest absolute Gasteiger partial charge is 0.216 e. The largest absolute Gasteiger partial charge is 0.443 e. The van der Waals surface area contributed by atoms with E-state index in [1.54, 1.807) is 6.20 Å². The summed E-state index contributed by atoms with van der Waals surface area (Å²) in [7, 11) is 0. The van der Waals surface area contributed by atoms with Crippen LogP contribution in [0.15, 0.2) is 15.6 Å². The van der Waals surface area contributed by atoms with Gasteiger partial charge in [0.15, 0.2) is 5.96 Å². The van der Waals surface area contributed by atoms with Gasteiger partial charge in [-0.25, -0.2) is 9.98 Å². The van der Waals surface area contributed by atoms with E-state index in [1.165, 1.54) is 32.1 Å². The molecule has 0 aromatic carbocycles. The second kappa shape index (κ2) is 9.49. The van der Waals surface area contributed by atoms with Crippen LogP contribution in [0.1, 0.15) is 77.9 Å². The van der Waals surface area contributed by atoms with E-state index >= 15 is 0 Å². The topological polar surface area (TPSA) is 76.4 Å². The van der Waals surface area contributed by atoms with E-state index in [0.717, 1.165) is 18.7 Å². The SMILES string of the molecule is CCCCCCCCNC(N)=NCc1ncc(C(C)(C)C)o1. The van der Waals surface area contributed by atoms with Crippen molar-refractivity contribution in [3.63, 3.8) is 0 Å². The van der Waals surface area contributed by atoms with Crippen molar-refractivity contribution in [1.82, 2.24) is 10.3 Å². The molecule has 0 radical (unpaired) electrons. The number of oxazole rings is 1. The standard InChI is InChI=1S/C17H32N4O/c1-5-6-7-8-9-10-11-19-16(18)21-13-15-20-12-14(22-15)17(2,3)4/h12H,5-11,13H2,1-4H3,(H3,18,19,21). The molecule has 1 aromatic rings. The maximum absolute atomic E-state index is 5.85. The molecule has 1 rings (SSSR count). The second-order valence-electron chi connectivity index (χ2n) is 6.76. The molecule has 1 aromatic heterocycles. The van der Waals surface area contributed by atoms with Crippen LogP contribution in [0, 0.1) is 0 Å². The van der Waals surface area contributed by atoms with Crippen LogP contribution in [0.4, 0.5) is 0 Å². The number of guanidine groups is 1. The molecule has 0 saturated carbocycles. The minimum atomic E-state index is -0.0312. The Bertz CT molecular complexity index is 446. The highest BCUT2D eigenvalue weighted by Gasteiger charge is 2.18. The number of nitrogens with one attached hydrogen (secondary N) is 1. The predicted molar refractivity (Wildman–Crippen MR) is 91.9 cm³/mol. The third kappa shape index (κ3) is 7.48. The van der Waals surface area contributed by atoms with Gasteiger partial charge in [0, 0.05) is 12.0 Å². The van der Waals surface area contributed by atoms with Crippen LogP contribution >= 0.6 is 0 Å². The molecule has 0 amide bonds. The van der Waals surface area contributed by atoms with Crippen molar-refractivity contribution < 1.29 is 4.42 Å². The number of hydrogen-bond donors (Lipinski definition) is 2. The molecule has 0 bridgehead atoms. The van der Waals surface area contributed by atoms with Crippen molar-refractivity contribution in [2.45, 2.75) is 78.2 Å². The number of nitrogens with two attached hydrogens (primary N) is 1. The van der Waals surface area contributed by atoms with Gasteiger partial charge in [-0.1, -0.05) is 59.8 Å². The van der Waals surface area contributed by atoms with Gasteiger partial charge in [0.25, 0.3) is 0 Å². The van der Waals surface area contributed by atoms with Gasteiger partial charge in [-0.3, -0.25) is 0 Å². The number of unbranched alkanes of at least 4 members (excludes halogenated alkanes) is 5. The maximum Gasteiger partial charge on any atom is 0.216 e. The Morgan fingerprint density at radius 1 is 1.23 bits per heavy atom. The summed E-state index contributed by atoms with van der Waals surface area (Å²) >= 11 is 0. The van der Waals surface area contributed by atoms with E-state index in [4.69, 9.17) is 10.2 Å². The molecule has 5 nitrogen and oxygen atoms in total. The molecule has 0 aliphatic rings. The molecule has 0 unspecified atom stereocenters. The predicted octanol–water partition coefficient (Wildman–Crippen LogP) is 3.74. The fourth-order valence-electron chi connectivity index (χ4n) is 2.06. The van der Waals surface area contributed by atoms with Crippen LogP contribution in [0.5, 0.6) is 0 Å². The first-order valence-electron chi connectivity index (χ1n) is 8.42. The van der Waals surface area contributed by atoms with Gasteiger partial charge in [-0.15, -0.1) is 0 Å². The van der Waals surface area contributed by atoms with Crippen molar-refractivity contribution in [1.29, 1.82) is 0 Å². The van der Waals surface area contributed by atoms with Gasteiger partial charge in [0.2, 0.25) is 5.89 Å². The zero-order chi connectivity index (χ0) is 16.4. The van der Waals surface area contributed by atoms with E-state index in [9.17, 15) is 0 Å². The second-order valence-corrected chi connectivity index (χ2v) is 6.76. The Morgan fingerprint density at radius 2 is 1.91 bits per heavy atom. The minimum Gasteiger partial charge on any atom is -0.443 e. The lowest BCUT2D eigenvalue weighted by atomic mass is 9.94. The Kier molecular flexibility index (Phi) is 7.99. The first-order chi connectivity index (χ1) is 10.4. The Hall–Kier alpha value is -1.52. The molecule has 22 heavy (non-hydrogen) atoms. The van der Waals surface area contributed by atoms with Crippen LogP contribution < -0.4 is 11.1 Å². The lowest BCUT2D eigenvalue weighted by Crippen LogP contribution is -2.32. The van der Waals surface area contributed by atoms with Crippen LogP contribution in [-0.2, 0) is 12.0 Å². The van der Waals surface area contributed by atoms with Crippen molar-refractivity contribution >= 4 is 5.96 Å². The lowest BCUT2D eigenvalue weighted by molar-refractivity contribution is 0.383. The van der Waals surface area contributed by atoms with E-state index in [-0.39, 0.29) is 5.41 Å². The van der Waals surface area contributed by atoms with Crippen molar-refractivity contribution in [2.24, 2.45) is 10.7 Å². The molecule has 0 atom stereocenters. The van der Waals surface area contributed by atoms with Gasteiger partial charge in [-0.2, -0.15) is 0 Å². The summed E-state index contributed by atoms with van der Waals surface area (Å²) in [6.07, 6.45) is 9.41. The molecule has 3 N–H and O–H groups in total. The minimum absolute atomic E-state index is 0.0312. The fourth-order valence-corrected chi connectivity index (χ4v) is 2.06. The summed E-state index contributed by atoms with van der Waals surface area (Å²) in [5, 5.41) is 3.14. The molecule has 1 heterocycles. The third-order valence-corrected chi connectivity index (χ3v) is 3.51. The molecular formula is C17H32N4O. The van der Waals surface area contributed by atoms with Crippen LogP contribution in [0.3, 0.4) is 0 Å². The maximum atomic E-state index is 5.85. The van der Waals surface area contributed by atoms with Crippen LogP contribution in [-0.4, -0.2) is 17.5 Å². The van der Waals surface area contributed by atoms with Gasteiger partial charge in [-0.05, 0) is 6.42 Å². The van der Waals surface area contributed by atoms with E-state index < -0.39 is 0 Å². The van der Waals surface area contributed by atoms with Gasteiger partial charge < -0.3 is 15.5 Å². The van der Waals surface area contributed by atoms with Crippen LogP contribution in [0.25, 0.3) is 0 Å². The summed E-state index contributed by atoms with van der Waals surface area (Å²) in [4.78, 5) is 8.50. The number of rotatable bonds is 9. The highest BCUT2D eigenvalue weighted by Crippen LogP contribution is 2.22. The number of aliphatic imine (C=N–C) groups is 1. The summed E-state index contributed by atoms with van der Waals surface area (Å²) in [5.74, 6) is 1.94. The van der Waals surface area contributed by atoms with E-state index in [0.29, 0.717) is 18.4 Å². The average molecular weight is 308 g/mol. The van der Waals surface area contributed by atoms with Crippen LogP contribution in [0.2, 0.25) is 0 Å². The molecule has 0 spiro atoms. The van der Waals surface area contributed by atoms with E-state index in [1.807, 2.05) is 0 Å². The lowest BCUT2D eigenvalue weighted by Gasteiger charge is -2.12. The number of aromatic nitrogens is 1. The highest BCUT2D eigenvalue weighted by atomic mass is 16.4. The number of nitrogens with zero attached hydrogens (tertiary/aromatic N) is 2. The summed E-state index contributed by atoms with van der Waals surface area (Å²) < 4.78 is 5.68. The zero-order valence-electron chi connectivity index (χ0n) is 14.6. The quantitative estimate of drug-likeness (QED) is 0.414. The normalized spacial score (nSPS) is 12.6. The van der Waals surface area contributed by atoms with Gasteiger partial charge in [0.05, 0.1) is 6.20 Å². The number of hydrogen-bond acceptors (Lipinski definition) is 3. The molecule has 0 aliphatic carbocycles. The Balaban J connectivity index is 2.21. The first kappa shape index (κ1) is 18.5. The Morgan fingerprint density at radius 3 is 2.55 bits per heavy atom. The first-order valence-corrected chi connectivity index (χ1v) is 8.42. The molecule has 5 heteroatoms. The molecular weight excluding hydrogens is 276 g/mol. The van der Waals surface area contributed by atoms with Crippen molar-refractivity contribution in [3.05, 3.63) is 17.8 Å². The monoisotopic (exact) mass is 308 g/mol. The Labute approximate surface area is 134 Å². The average Bonchev–Trinajstić information content (AvgIpc) is 2.93. The highest BCUT2D eigenvalue weighted by molar-refractivity contribution is 5.77. The van der Waals surface area contributed by atoms with Gasteiger partial charge in [0.1, 0.15) is 12.3 Å². The van der Waals surface area contributed by atoms with Crippen molar-refractivity contribution in [3.8, 4) is 0 Å². The molecule has 126 valence electrons. The molecule has 0 fully saturated rings. The zero-order valence-corrected chi connectivity index (χ0v) is 14.6. The van der Waals surface area contributed by atoms with Crippen molar-refractivity contribution in [2.75, 3.05) is 6.54 Å². The summed E-state index contributed by atoms with van der Waals surface area (Å²) in [5.41, 5.74) is 5.81. The third-order valence-electron chi connectivity index (χ3n) is 3.51. The molecule has 0 saturated heterocycles. The molecule has 0 aliphatic heterocycles. The van der Waals surface area contributed by atoms with Gasteiger partial charge >= 0.3 is 0 Å². The van der Waals surface area contributed by atoms with E-state index in [2.05, 4.69) is 43.0 Å². The summed E-state index contributed by atoms with van der Waals surface area (Å²) in [6, 6.07) is 0. The summed E-state index contributed by atoms with van der Waals surface area (Å²) in [6.45, 7) is 9.77.